The van der Waals surface area contributed by atoms with Crippen molar-refractivity contribution in [2.24, 2.45) is 0 Å². The fourth-order valence-electron chi connectivity index (χ4n) is 3.15. The van der Waals surface area contributed by atoms with Crippen molar-refractivity contribution in [2.75, 3.05) is 10.6 Å². The molecular weight excluding hydrogens is 392 g/mol. The van der Waals surface area contributed by atoms with Gasteiger partial charge in [-0.3, -0.25) is 9.59 Å². The van der Waals surface area contributed by atoms with Gasteiger partial charge in [-0.15, -0.1) is 0 Å². The first-order valence-corrected chi connectivity index (χ1v) is 9.83. The van der Waals surface area contributed by atoms with E-state index in [4.69, 9.17) is 4.42 Å². The maximum Gasteiger partial charge on any atom is 0.291 e. The molecule has 0 bridgehead atoms. The number of anilines is 2. The largest absolute Gasteiger partial charge is 0.459 e. The molecule has 7 heteroatoms. The van der Waals surface area contributed by atoms with Gasteiger partial charge in [0.1, 0.15) is 5.82 Å². The van der Waals surface area contributed by atoms with E-state index in [1.165, 1.54) is 6.26 Å². The molecule has 4 rings (SSSR count). The number of aromatic nitrogens is 2. The lowest BCUT2D eigenvalue weighted by molar-refractivity contribution is 0.0993. The number of nitrogens with one attached hydrogen (secondary N) is 2. The molecule has 4 aromatic rings. The van der Waals surface area contributed by atoms with E-state index in [1.807, 2.05) is 44.3 Å². The number of carbonyl (C=O) groups excluding carboxylic acids is 2. The Labute approximate surface area is 179 Å². The number of benzene rings is 2. The summed E-state index contributed by atoms with van der Waals surface area (Å²) in [6.45, 7) is 4.54. The van der Waals surface area contributed by atoms with Crippen LogP contribution in [0.25, 0.3) is 0 Å². The molecule has 0 atom stereocenters. The zero-order chi connectivity index (χ0) is 21.8. The predicted octanol–water partition coefficient (Wildman–Crippen LogP) is 4.65. The van der Waals surface area contributed by atoms with Gasteiger partial charge < -0.3 is 19.6 Å². The van der Waals surface area contributed by atoms with E-state index in [0.717, 1.165) is 23.5 Å². The van der Waals surface area contributed by atoms with Crippen molar-refractivity contribution in [3.05, 3.63) is 102 Å². The second-order valence-electron chi connectivity index (χ2n) is 7.21. The lowest BCUT2D eigenvalue weighted by Gasteiger charge is -2.11. The standard InChI is InChI=1S/C24H22N4O3/c1-16-5-8-19(14-21(16)27-24(30)22-4-3-13-31-22)23(29)26-20-9-6-18(7-10-20)15-28-12-11-25-17(28)2/h3-14H,15H2,1-2H3,(H,26,29)(H,27,30). The Balaban J connectivity index is 1.43. The third kappa shape index (κ3) is 4.72. The molecular formula is C24H22N4O3. The molecule has 2 heterocycles. The summed E-state index contributed by atoms with van der Waals surface area (Å²) in [5.74, 6) is 0.535. The lowest BCUT2D eigenvalue weighted by atomic mass is 10.1. The number of aryl methyl sites for hydroxylation is 2. The molecule has 2 amide bonds. The molecule has 0 aliphatic heterocycles. The fraction of sp³-hybridized carbons (Fsp3) is 0.125. The smallest absolute Gasteiger partial charge is 0.291 e. The van der Waals surface area contributed by atoms with Crippen LogP contribution in [0.15, 0.2) is 77.7 Å². The maximum absolute atomic E-state index is 12.7. The van der Waals surface area contributed by atoms with Gasteiger partial charge in [0, 0.05) is 35.9 Å². The van der Waals surface area contributed by atoms with E-state index >= 15 is 0 Å². The van der Waals surface area contributed by atoms with Crippen LogP contribution in [0.4, 0.5) is 11.4 Å². The van der Waals surface area contributed by atoms with Crippen LogP contribution in [0.5, 0.6) is 0 Å². The summed E-state index contributed by atoms with van der Waals surface area (Å²) in [6.07, 6.45) is 5.15. The lowest BCUT2D eigenvalue weighted by Crippen LogP contribution is -2.15. The van der Waals surface area contributed by atoms with Gasteiger partial charge in [0.05, 0.1) is 6.26 Å². The molecule has 2 aromatic carbocycles. The Hall–Kier alpha value is -4.13. The van der Waals surface area contributed by atoms with Crippen molar-refractivity contribution in [3.8, 4) is 0 Å². The Morgan fingerprint density at radius 1 is 1.00 bits per heavy atom. The normalized spacial score (nSPS) is 10.6. The minimum atomic E-state index is -0.366. The Morgan fingerprint density at radius 2 is 1.81 bits per heavy atom. The number of furan rings is 1. The van der Waals surface area contributed by atoms with Gasteiger partial charge in [-0.1, -0.05) is 18.2 Å². The third-order valence-electron chi connectivity index (χ3n) is 4.98. The second kappa shape index (κ2) is 8.71. The molecule has 2 N–H and O–H groups in total. The van der Waals surface area contributed by atoms with Gasteiger partial charge in [0.15, 0.2) is 5.76 Å². The van der Waals surface area contributed by atoms with E-state index < -0.39 is 0 Å². The van der Waals surface area contributed by atoms with Crippen LogP contribution in [0.3, 0.4) is 0 Å². The van der Waals surface area contributed by atoms with Gasteiger partial charge in [-0.05, 0) is 61.4 Å². The van der Waals surface area contributed by atoms with Crippen LogP contribution in [-0.2, 0) is 6.54 Å². The first kappa shape index (κ1) is 20.2. The topological polar surface area (TPSA) is 89.2 Å². The van der Waals surface area contributed by atoms with E-state index in [9.17, 15) is 9.59 Å². The molecule has 156 valence electrons. The summed E-state index contributed by atoms with van der Waals surface area (Å²) in [6, 6.07) is 16.1. The van der Waals surface area contributed by atoms with Crippen LogP contribution < -0.4 is 10.6 Å². The monoisotopic (exact) mass is 414 g/mol. The van der Waals surface area contributed by atoms with Crippen molar-refractivity contribution >= 4 is 23.2 Å². The molecule has 2 aromatic heterocycles. The Kier molecular flexibility index (Phi) is 5.66. The Morgan fingerprint density at radius 3 is 2.48 bits per heavy atom. The quantitative estimate of drug-likeness (QED) is 0.481. The van der Waals surface area contributed by atoms with Crippen LogP contribution in [0.2, 0.25) is 0 Å². The van der Waals surface area contributed by atoms with E-state index in [-0.39, 0.29) is 17.6 Å². The predicted molar refractivity (Wildman–Crippen MR) is 118 cm³/mol. The molecule has 0 unspecified atom stereocenters. The number of hydrogen-bond donors (Lipinski definition) is 2. The van der Waals surface area contributed by atoms with E-state index in [1.54, 1.807) is 36.5 Å². The molecule has 0 fully saturated rings. The van der Waals surface area contributed by atoms with Gasteiger partial charge in [-0.25, -0.2) is 4.98 Å². The fourth-order valence-corrected chi connectivity index (χ4v) is 3.15. The maximum atomic E-state index is 12.7. The molecule has 0 spiro atoms. The second-order valence-corrected chi connectivity index (χ2v) is 7.21. The van der Waals surface area contributed by atoms with Crippen molar-refractivity contribution in [1.82, 2.24) is 9.55 Å². The Bertz CT molecular complexity index is 1210. The number of nitrogens with zero attached hydrogens (tertiary/aromatic N) is 2. The van der Waals surface area contributed by atoms with E-state index in [0.29, 0.717) is 16.9 Å². The van der Waals surface area contributed by atoms with Gasteiger partial charge in [0.25, 0.3) is 11.8 Å². The first-order valence-electron chi connectivity index (χ1n) is 9.83. The van der Waals surface area contributed by atoms with Crippen LogP contribution in [0, 0.1) is 13.8 Å². The van der Waals surface area contributed by atoms with Crippen molar-refractivity contribution in [3.63, 3.8) is 0 Å². The summed E-state index contributed by atoms with van der Waals surface area (Å²) < 4.78 is 7.17. The zero-order valence-corrected chi connectivity index (χ0v) is 17.3. The zero-order valence-electron chi connectivity index (χ0n) is 17.3. The average Bonchev–Trinajstić information content (AvgIpc) is 3.43. The van der Waals surface area contributed by atoms with Gasteiger partial charge in [0.2, 0.25) is 0 Å². The minimum Gasteiger partial charge on any atom is -0.459 e. The highest BCUT2D eigenvalue weighted by Gasteiger charge is 2.13. The number of hydrogen-bond acceptors (Lipinski definition) is 4. The molecule has 0 saturated carbocycles. The highest BCUT2D eigenvalue weighted by atomic mass is 16.3. The third-order valence-corrected chi connectivity index (χ3v) is 4.98. The average molecular weight is 414 g/mol. The van der Waals surface area contributed by atoms with Crippen LogP contribution in [0.1, 0.15) is 37.9 Å². The van der Waals surface area contributed by atoms with Crippen molar-refractivity contribution in [1.29, 1.82) is 0 Å². The van der Waals surface area contributed by atoms with Gasteiger partial charge in [-0.2, -0.15) is 0 Å². The minimum absolute atomic E-state index is 0.209. The number of amides is 2. The molecule has 0 aliphatic rings. The van der Waals surface area contributed by atoms with Crippen LogP contribution >= 0.6 is 0 Å². The molecule has 31 heavy (non-hydrogen) atoms. The summed E-state index contributed by atoms with van der Waals surface area (Å²) in [7, 11) is 0. The SMILES string of the molecule is Cc1ccc(C(=O)Nc2ccc(Cn3ccnc3C)cc2)cc1NC(=O)c1ccco1. The van der Waals surface area contributed by atoms with Crippen molar-refractivity contribution in [2.45, 2.75) is 20.4 Å². The highest BCUT2D eigenvalue weighted by Crippen LogP contribution is 2.20. The molecule has 0 radical (unpaired) electrons. The molecule has 0 aliphatic carbocycles. The number of rotatable bonds is 6. The van der Waals surface area contributed by atoms with Crippen molar-refractivity contribution < 1.29 is 14.0 Å². The van der Waals surface area contributed by atoms with Crippen LogP contribution in [-0.4, -0.2) is 21.4 Å². The van der Waals surface area contributed by atoms with Gasteiger partial charge >= 0.3 is 0 Å². The molecule has 0 saturated heterocycles. The first-order chi connectivity index (χ1) is 15.0. The van der Waals surface area contributed by atoms with E-state index in [2.05, 4.69) is 20.2 Å². The highest BCUT2D eigenvalue weighted by molar-refractivity contribution is 6.07. The number of carbonyl (C=O) groups is 2. The summed E-state index contributed by atoms with van der Waals surface area (Å²) in [5.41, 5.74) is 3.64. The summed E-state index contributed by atoms with van der Waals surface area (Å²) in [4.78, 5) is 29.2. The number of imidazole rings is 1. The molecule has 7 nitrogen and oxygen atoms in total. The summed E-state index contributed by atoms with van der Waals surface area (Å²) >= 11 is 0. The summed E-state index contributed by atoms with van der Waals surface area (Å²) in [5, 5.41) is 5.68.